The largest absolute Gasteiger partial charge is 0.502 e. The Morgan fingerprint density at radius 2 is 1.53 bits per heavy atom. The Balaban J connectivity index is 1.32. The van der Waals surface area contributed by atoms with Crippen molar-refractivity contribution in [1.29, 1.82) is 0 Å². The molecule has 1 N–H and O–H groups in total. The molecule has 0 radical (unpaired) electrons. The number of hydrogen-bond acceptors (Lipinski definition) is 6. The Morgan fingerprint density at radius 1 is 0.842 bits per heavy atom. The van der Waals surface area contributed by atoms with Crippen molar-refractivity contribution in [3.8, 4) is 5.75 Å². The van der Waals surface area contributed by atoms with Gasteiger partial charge in [0, 0.05) is 39.5 Å². The van der Waals surface area contributed by atoms with Crippen molar-refractivity contribution >= 4 is 29.4 Å². The van der Waals surface area contributed by atoms with E-state index in [4.69, 9.17) is 0 Å². The molecule has 2 aromatic carbocycles. The second-order valence-corrected chi connectivity index (χ2v) is 13.4. The summed E-state index contributed by atoms with van der Waals surface area (Å²) in [5.41, 5.74) is 3.17. The maximum absolute atomic E-state index is 13.9. The number of hydrogen-bond donors (Lipinski definition) is 1. The summed E-state index contributed by atoms with van der Waals surface area (Å²) in [5.74, 6) is 0.152. The Bertz CT molecular complexity index is 1400. The van der Waals surface area contributed by atoms with Gasteiger partial charge in [0.2, 0.25) is 5.43 Å². The number of thioether (sulfide) groups is 2. The smallest absolute Gasteiger partial charge is 0.278 e. The average Bonchev–Trinajstić information content (AvgIpc) is 3.78. The molecule has 1 aromatic heterocycles. The molecule has 8 heteroatoms. The number of nitrogens with zero attached hydrogens (tertiary/aromatic N) is 3. The summed E-state index contributed by atoms with van der Waals surface area (Å²) in [6.07, 6.45) is 8.46. The molecule has 38 heavy (non-hydrogen) atoms. The van der Waals surface area contributed by atoms with Gasteiger partial charge in [-0.3, -0.25) is 19.3 Å². The third-order valence-electron chi connectivity index (χ3n) is 8.33. The summed E-state index contributed by atoms with van der Waals surface area (Å²) in [6.45, 7) is 0.400. The summed E-state index contributed by atoms with van der Waals surface area (Å²) in [7, 11) is 0. The number of pyridine rings is 1. The lowest BCUT2D eigenvalue weighted by atomic mass is 9.92. The second-order valence-electron chi connectivity index (χ2n) is 10.8. The Hall–Kier alpha value is -2.84. The van der Waals surface area contributed by atoms with E-state index in [1.165, 1.54) is 40.5 Å². The average molecular weight is 546 g/mol. The predicted octanol–water partition coefficient (Wildman–Crippen LogP) is 5.51. The summed E-state index contributed by atoms with van der Waals surface area (Å²) >= 11 is 3.97. The molecule has 0 saturated heterocycles. The van der Waals surface area contributed by atoms with E-state index in [9.17, 15) is 14.7 Å². The number of aromatic hydroxyl groups is 1. The number of carbonyl (C=O) groups excluding carboxylic acids is 1. The summed E-state index contributed by atoms with van der Waals surface area (Å²) in [5, 5.41) is 14.6. The Morgan fingerprint density at radius 3 is 2.29 bits per heavy atom. The SMILES string of the molecule is O=C1c2c(O)c(=O)ccn2N([C@H]2c3ccccc3CSc3ccccc32)CN1C1CCC(SC2CC2)CC1. The third kappa shape index (κ3) is 4.22. The molecule has 6 nitrogen and oxygen atoms in total. The minimum Gasteiger partial charge on any atom is -0.502 e. The highest BCUT2D eigenvalue weighted by Crippen LogP contribution is 2.45. The fraction of sp³-hybridized carbons (Fsp3) is 0.400. The van der Waals surface area contributed by atoms with Gasteiger partial charge in [0.1, 0.15) is 6.67 Å². The number of rotatable bonds is 4. The van der Waals surface area contributed by atoms with Gasteiger partial charge in [-0.2, -0.15) is 11.8 Å². The molecule has 4 aliphatic rings. The Labute approximate surface area is 231 Å². The molecular formula is C30H31N3O3S2. The number of aromatic nitrogens is 1. The van der Waals surface area contributed by atoms with E-state index in [0.717, 1.165) is 36.7 Å². The first-order valence-electron chi connectivity index (χ1n) is 13.6. The first-order chi connectivity index (χ1) is 18.6. The highest BCUT2D eigenvalue weighted by Gasteiger charge is 2.42. The number of amides is 1. The van der Waals surface area contributed by atoms with Crippen LogP contribution < -0.4 is 10.4 Å². The van der Waals surface area contributed by atoms with E-state index in [-0.39, 0.29) is 23.7 Å². The molecule has 7 rings (SSSR count). The molecule has 3 aromatic rings. The second kappa shape index (κ2) is 9.72. The third-order valence-corrected chi connectivity index (χ3v) is 11.2. The molecule has 0 bridgehead atoms. The van der Waals surface area contributed by atoms with Crippen molar-refractivity contribution < 1.29 is 9.90 Å². The van der Waals surface area contributed by atoms with Crippen LogP contribution in [0.2, 0.25) is 0 Å². The highest BCUT2D eigenvalue weighted by atomic mass is 32.2. The zero-order valence-electron chi connectivity index (χ0n) is 21.2. The van der Waals surface area contributed by atoms with Crippen LogP contribution in [0, 0.1) is 0 Å². The minimum atomic E-state index is -0.520. The van der Waals surface area contributed by atoms with E-state index in [1.807, 2.05) is 16.7 Å². The van der Waals surface area contributed by atoms with Crippen LogP contribution in [-0.4, -0.2) is 43.8 Å². The van der Waals surface area contributed by atoms with E-state index >= 15 is 0 Å². The predicted molar refractivity (Wildman–Crippen MR) is 153 cm³/mol. The molecule has 2 aliphatic carbocycles. The van der Waals surface area contributed by atoms with Gasteiger partial charge < -0.3 is 10.0 Å². The number of carbonyl (C=O) groups is 1. The first kappa shape index (κ1) is 24.2. The van der Waals surface area contributed by atoms with Crippen molar-refractivity contribution in [2.75, 3.05) is 11.7 Å². The summed E-state index contributed by atoms with van der Waals surface area (Å²) in [4.78, 5) is 29.6. The number of fused-ring (bicyclic) bond motifs is 3. The van der Waals surface area contributed by atoms with Crippen molar-refractivity contribution in [2.45, 2.75) is 71.8 Å². The molecule has 2 aliphatic heterocycles. The van der Waals surface area contributed by atoms with Crippen LogP contribution in [0.3, 0.4) is 0 Å². The number of benzene rings is 2. The molecule has 196 valence electrons. The van der Waals surface area contributed by atoms with Gasteiger partial charge in [-0.25, -0.2) is 0 Å². The quantitative estimate of drug-likeness (QED) is 0.467. The van der Waals surface area contributed by atoms with Gasteiger partial charge in [-0.15, -0.1) is 11.8 Å². The lowest BCUT2D eigenvalue weighted by Gasteiger charge is -2.47. The fourth-order valence-electron chi connectivity index (χ4n) is 6.23. The standard InChI is InChI=1S/C30H31N3O3S2/c34-25-15-16-32-28(29(25)35)30(36)31(20-9-11-21(12-10-20)38-22-13-14-22)18-33(32)27-23-6-2-1-5-19(23)17-37-26-8-4-3-7-24(26)27/h1-8,15-16,20-22,27,35H,9-14,17-18H2/t20?,21?,27-/m0/s1. The van der Waals surface area contributed by atoms with Gasteiger partial charge in [0.05, 0.1) is 6.04 Å². The van der Waals surface area contributed by atoms with Crippen molar-refractivity contribution in [2.24, 2.45) is 0 Å². The fourth-order valence-corrected chi connectivity index (χ4v) is 8.82. The van der Waals surface area contributed by atoms with E-state index in [0.29, 0.717) is 11.9 Å². The summed E-state index contributed by atoms with van der Waals surface area (Å²) in [6, 6.07) is 18.2. The van der Waals surface area contributed by atoms with Gasteiger partial charge in [-0.1, -0.05) is 42.5 Å². The molecule has 2 saturated carbocycles. The van der Waals surface area contributed by atoms with Crippen LogP contribution in [0.25, 0.3) is 0 Å². The molecule has 1 amide bonds. The lowest BCUT2D eigenvalue weighted by molar-refractivity contribution is 0.0542. The monoisotopic (exact) mass is 545 g/mol. The molecule has 2 fully saturated rings. The summed E-state index contributed by atoms with van der Waals surface area (Å²) < 4.78 is 1.73. The highest BCUT2D eigenvalue weighted by molar-refractivity contribution is 8.00. The van der Waals surface area contributed by atoms with E-state index < -0.39 is 11.2 Å². The van der Waals surface area contributed by atoms with Crippen molar-refractivity contribution in [3.63, 3.8) is 0 Å². The molecule has 3 heterocycles. The van der Waals surface area contributed by atoms with Crippen LogP contribution >= 0.6 is 23.5 Å². The molecule has 1 atom stereocenters. The van der Waals surface area contributed by atoms with Gasteiger partial charge in [0.25, 0.3) is 5.91 Å². The van der Waals surface area contributed by atoms with E-state index in [2.05, 4.69) is 65.3 Å². The molecule has 0 unspecified atom stereocenters. The zero-order chi connectivity index (χ0) is 25.8. The maximum atomic E-state index is 13.9. The molecular weight excluding hydrogens is 514 g/mol. The van der Waals surface area contributed by atoms with Crippen LogP contribution in [0.1, 0.15) is 71.7 Å². The van der Waals surface area contributed by atoms with Crippen LogP contribution in [-0.2, 0) is 5.75 Å². The minimum absolute atomic E-state index is 0.0742. The Kier molecular flexibility index (Phi) is 6.20. The van der Waals surface area contributed by atoms with Crippen LogP contribution in [0.5, 0.6) is 5.75 Å². The van der Waals surface area contributed by atoms with Crippen LogP contribution in [0.15, 0.2) is 70.5 Å². The van der Waals surface area contributed by atoms with Gasteiger partial charge >= 0.3 is 0 Å². The lowest BCUT2D eigenvalue weighted by Crippen LogP contribution is -2.58. The first-order valence-corrected chi connectivity index (χ1v) is 15.5. The van der Waals surface area contributed by atoms with Gasteiger partial charge in [-0.05, 0) is 61.3 Å². The van der Waals surface area contributed by atoms with E-state index in [1.54, 1.807) is 10.9 Å². The van der Waals surface area contributed by atoms with Gasteiger partial charge in [0.15, 0.2) is 11.4 Å². The van der Waals surface area contributed by atoms with Crippen molar-refractivity contribution in [1.82, 2.24) is 9.58 Å². The topological polar surface area (TPSA) is 65.8 Å². The maximum Gasteiger partial charge on any atom is 0.278 e. The molecule has 0 spiro atoms. The van der Waals surface area contributed by atoms with Crippen molar-refractivity contribution in [3.05, 3.63) is 93.4 Å². The normalized spacial score (nSPS) is 24.8. The van der Waals surface area contributed by atoms with Crippen LogP contribution in [0.4, 0.5) is 0 Å². The zero-order valence-corrected chi connectivity index (χ0v) is 22.8.